The van der Waals surface area contributed by atoms with Gasteiger partial charge in [0, 0.05) is 18.5 Å². The third kappa shape index (κ3) is 5.72. The normalized spacial score (nSPS) is 21.8. The topological polar surface area (TPSA) is 85.4 Å². The molecule has 0 N–H and O–H groups in total. The predicted molar refractivity (Wildman–Crippen MR) is 118 cm³/mol. The number of ether oxygens (including phenoxy) is 3. The minimum atomic E-state index is -0.742. The molecule has 2 atom stereocenters. The van der Waals surface area contributed by atoms with Gasteiger partial charge in [-0.3, -0.25) is 4.90 Å². The van der Waals surface area contributed by atoms with Crippen LogP contribution in [-0.4, -0.2) is 58.9 Å². The third-order valence-corrected chi connectivity index (χ3v) is 5.41. The summed E-state index contributed by atoms with van der Waals surface area (Å²) in [5.41, 5.74) is -0.169. The van der Waals surface area contributed by atoms with Gasteiger partial charge in [-0.25, -0.2) is 14.4 Å². The van der Waals surface area contributed by atoms with Gasteiger partial charge in [0.05, 0.1) is 0 Å². The van der Waals surface area contributed by atoms with E-state index in [1.807, 2.05) is 71.9 Å². The van der Waals surface area contributed by atoms with Crippen LogP contribution < -0.4 is 0 Å². The SMILES string of the molecule is CC(C)(C)OC(=O)N1CC(C[C@H]2C(=O)O[C@@H](C(C)(C)C)N2C(=O)OCc2ccccc2)C1. The van der Waals surface area contributed by atoms with Crippen molar-refractivity contribution in [1.29, 1.82) is 0 Å². The molecule has 3 rings (SSSR count). The van der Waals surface area contributed by atoms with Crippen molar-refractivity contribution in [3.63, 3.8) is 0 Å². The zero-order valence-electron chi connectivity index (χ0n) is 19.8. The summed E-state index contributed by atoms with van der Waals surface area (Å²) in [5.74, 6) is -0.361. The molecule has 2 saturated heterocycles. The second kappa shape index (κ2) is 9.00. The monoisotopic (exact) mass is 446 g/mol. The number of likely N-dealkylation sites (tertiary alicyclic amines) is 1. The molecule has 2 aliphatic rings. The van der Waals surface area contributed by atoms with Crippen molar-refractivity contribution >= 4 is 18.2 Å². The van der Waals surface area contributed by atoms with Gasteiger partial charge in [-0.05, 0) is 38.7 Å². The molecule has 0 aromatic heterocycles. The van der Waals surface area contributed by atoms with Crippen molar-refractivity contribution in [3.05, 3.63) is 35.9 Å². The lowest BCUT2D eigenvalue weighted by Crippen LogP contribution is -2.55. The van der Waals surface area contributed by atoms with E-state index in [9.17, 15) is 14.4 Å². The first-order valence-electron chi connectivity index (χ1n) is 11.0. The lowest BCUT2D eigenvalue weighted by Gasteiger charge is -2.41. The van der Waals surface area contributed by atoms with Crippen LogP contribution in [-0.2, 0) is 25.6 Å². The van der Waals surface area contributed by atoms with Crippen molar-refractivity contribution in [2.24, 2.45) is 11.3 Å². The number of rotatable bonds is 4. The largest absolute Gasteiger partial charge is 0.444 e. The summed E-state index contributed by atoms with van der Waals surface area (Å²) < 4.78 is 16.5. The first-order chi connectivity index (χ1) is 14.8. The Balaban J connectivity index is 1.65. The summed E-state index contributed by atoms with van der Waals surface area (Å²) >= 11 is 0. The predicted octanol–water partition coefficient (Wildman–Crippen LogP) is 4.18. The number of benzene rings is 1. The fourth-order valence-electron chi connectivity index (χ4n) is 3.85. The van der Waals surface area contributed by atoms with E-state index in [0.717, 1.165) is 5.56 Å². The van der Waals surface area contributed by atoms with Crippen LogP contribution in [0.25, 0.3) is 0 Å². The van der Waals surface area contributed by atoms with Crippen LogP contribution in [0.1, 0.15) is 53.5 Å². The summed E-state index contributed by atoms with van der Waals surface area (Å²) in [6, 6.07) is 8.64. The molecular weight excluding hydrogens is 412 g/mol. The quantitative estimate of drug-likeness (QED) is 0.510. The maximum atomic E-state index is 13.0. The Bertz CT molecular complexity index is 836. The number of cyclic esters (lactones) is 1. The van der Waals surface area contributed by atoms with Crippen molar-refractivity contribution in [1.82, 2.24) is 9.80 Å². The maximum absolute atomic E-state index is 13.0. The molecule has 8 heteroatoms. The summed E-state index contributed by atoms with van der Waals surface area (Å²) in [7, 11) is 0. The first-order valence-corrected chi connectivity index (χ1v) is 11.0. The number of hydrogen-bond donors (Lipinski definition) is 0. The number of nitrogens with zero attached hydrogens (tertiary/aromatic N) is 2. The molecule has 0 radical (unpaired) electrons. The fraction of sp³-hybridized carbons (Fsp3) is 0.625. The van der Waals surface area contributed by atoms with Crippen LogP contribution in [0, 0.1) is 11.3 Å². The smallest absolute Gasteiger partial charge is 0.413 e. The number of amides is 2. The average Bonchev–Trinajstić information content (AvgIpc) is 2.98. The highest BCUT2D eigenvalue weighted by Gasteiger charge is 2.52. The van der Waals surface area contributed by atoms with Gasteiger partial charge in [0.25, 0.3) is 0 Å². The van der Waals surface area contributed by atoms with Crippen LogP contribution in [0.4, 0.5) is 9.59 Å². The Kier molecular flexibility index (Phi) is 6.72. The van der Waals surface area contributed by atoms with Gasteiger partial charge in [0.1, 0.15) is 18.2 Å². The highest BCUT2D eigenvalue weighted by Crippen LogP contribution is 2.36. The van der Waals surface area contributed by atoms with E-state index < -0.39 is 35.3 Å². The average molecular weight is 447 g/mol. The van der Waals surface area contributed by atoms with E-state index in [1.54, 1.807) is 4.90 Å². The van der Waals surface area contributed by atoms with Gasteiger partial charge in [-0.1, -0.05) is 51.1 Å². The van der Waals surface area contributed by atoms with Crippen LogP contribution >= 0.6 is 0 Å². The molecule has 1 aromatic rings. The van der Waals surface area contributed by atoms with Crippen molar-refractivity contribution in [2.45, 2.75) is 72.4 Å². The van der Waals surface area contributed by atoms with Gasteiger partial charge in [-0.2, -0.15) is 0 Å². The molecule has 2 aliphatic heterocycles. The Morgan fingerprint density at radius 1 is 1.03 bits per heavy atom. The Labute approximate surface area is 189 Å². The molecule has 2 amide bonds. The van der Waals surface area contributed by atoms with E-state index in [1.165, 1.54) is 4.90 Å². The Morgan fingerprint density at radius 3 is 2.22 bits per heavy atom. The lowest BCUT2D eigenvalue weighted by molar-refractivity contribution is -0.147. The molecule has 0 unspecified atom stereocenters. The van der Waals surface area contributed by atoms with Crippen molar-refractivity contribution in [3.8, 4) is 0 Å². The molecule has 8 nitrogen and oxygen atoms in total. The molecule has 32 heavy (non-hydrogen) atoms. The Morgan fingerprint density at radius 2 is 1.66 bits per heavy atom. The minimum Gasteiger partial charge on any atom is -0.444 e. The second-order valence-corrected chi connectivity index (χ2v) is 10.6. The highest BCUT2D eigenvalue weighted by atomic mass is 16.6. The highest BCUT2D eigenvalue weighted by molar-refractivity contribution is 5.84. The number of carbonyl (C=O) groups excluding carboxylic acids is 3. The van der Waals surface area contributed by atoms with Crippen LogP contribution in [0.2, 0.25) is 0 Å². The fourth-order valence-corrected chi connectivity index (χ4v) is 3.85. The second-order valence-electron chi connectivity index (χ2n) is 10.6. The zero-order valence-corrected chi connectivity index (χ0v) is 19.8. The van der Waals surface area contributed by atoms with Gasteiger partial charge in [0.2, 0.25) is 0 Å². The molecule has 176 valence electrons. The summed E-state index contributed by atoms with van der Waals surface area (Å²) in [5, 5.41) is 0. The van der Waals surface area contributed by atoms with Gasteiger partial charge >= 0.3 is 18.2 Å². The van der Waals surface area contributed by atoms with Crippen LogP contribution in [0.5, 0.6) is 0 Å². The van der Waals surface area contributed by atoms with E-state index >= 15 is 0 Å². The zero-order chi connectivity index (χ0) is 23.7. The Hall–Kier alpha value is -2.77. The van der Waals surface area contributed by atoms with Gasteiger partial charge < -0.3 is 19.1 Å². The lowest BCUT2D eigenvalue weighted by atomic mass is 9.90. The van der Waals surface area contributed by atoms with E-state index in [4.69, 9.17) is 14.2 Å². The molecule has 2 heterocycles. The summed E-state index contributed by atoms with van der Waals surface area (Å²) in [6.07, 6.45) is -1.25. The van der Waals surface area contributed by atoms with Crippen LogP contribution in [0.3, 0.4) is 0 Å². The maximum Gasteiger partial charge on any atom is 0.413 e. The number of hydrogen-bond acceptors (Lipinski definition) is 6. The van der Waals surface area contributed by atoms with Crippen LogP contribution in [0.15, 0.2) is 30.3 Å². The number of carbonyl (C=O) groups is 3. The number of esters is 1. The van der Waals surface area contributed by atoms with Gasteiger partial charge in [-0.15, -0.1) is 0 Å². The van der Waals surface area contributed by atoms with Gasteiger partial charge in [0.15, 0.2) is 6.23 Å². The molecule has 0 aliphatic carbocycles. The first kappa shape index (κ1) is 23.9. The molecule has 1 aromatic carbocycles. The molecule has 2 fully saturated rings. The standard InChI is InChI=1S/C24H34N2O6/c1-23(2,3)20-26(22(29)30-15-16-10-8-7-9-11-16)18(19(27)31-20)12-17-13-25(14-17)21(28)32-24(4,5)6/h7-11,17-18,20H,12-15H2,1-6H3/t18-,20-/m0/s1. The molecule has 0 saturated carbocycles. The molecule has 0 spiro atoms. The van der Waals surface area contributed by atoms with Crippen molar-refractivity contribution < 1.29 is 28.6 Å². The minimum absolute atomic E-state index is 0.0724. The third-order valence-electron chi connectivity index (χ3n) is 5.41. The summed E-state index contributed by atoms with van der Waals surface area (Å²) in [4.78, 5) is 41.0. The summed E-state index contributed by atoms with van der Waals surface area (Å²) in [6.45, 7) is 12.3. The molecule has 0 bridgehead atoms. The van der Waals surface area contributed by atoms with E-state index in [0.29, 0.717) is 19.5 Å². The molecular formula is C24H34N2O6. The van der Waals surface area contributed by atoms with Crippen molar-refractivity contribution in [2.75, 3.05) is 13.1 Å². The van der Waals surface area contributed by atoms with E-state index in [2.05, 4.69) is 0 Å². The van der Waals surface area contributed by atoms with E-state index in [-0.39, 0.29) is 18.6 Å².